The van der Waals surface area contributed by atoms with Crippen molar-refractivity contribution in [3.8, 4) is 5.75 Å². The SMILES string of the molecule is O=C(CNNC(=O)c1ccncc1)Nn1c(COc2ccc(Cl)cc2Cl)nc2ccccc2c1=O. The summed E-state index contributed by atoms with van der Waals surface area (Å²) in [5.74, 6) is -0.589. The van der Waals surface area contributed by atoms with Crippen molar-refractivity contribution in [1.82, 2.24) is 25.5 Å². The summed E-state index contributed by atoms with van der Waals surface area (Å²) in [4.78, 5) is 46.0. The molecule has 0 saturated carbocycles. The Labute approximate surface area is 208 Å². The summed E-state index contributed by atoms with van der Waals surface area (Å²) in [6.07, 6.45) is 2.95. The largest absolute Gasteiger partial charge is 0.484 e. The van der Waals surface area contributed by atoms with Gasteiger partial charge in [0.25, 0.3) is 17.4 Å². The van der Waals surface area contributed by atoms with Crippen LogP contribution in [0.1, 0.15) is 16.2 Å². The number of nitrogens with one attached hydrogen (secondary N) is 3. The molecule has 0 bridgehead atoms. The smallest absolute Gasteiger partial charge is 0.280 e. The molecule has 2 heterocycles. The van der Waals surface area contributed by atoms with Gasteiger partial charge in [0.2, 0.25) is 0 Å². The summed E-state index contributed by atoms with van der Waals surface area (Å²) in [6.45, 7) is -0.493. The van der Waals surface area contributed by atoms with Crippen molar-refractivity contribution in [3.63, 3.8) is 0 Å². The maximum Gasteiger partial charge on any atom is 0.280 e. The average molecular weight is 513 g/mol. The number of fused-ring (bicyclic) bond motifs is 1. The zero-order valence-corrected chi connectivity index (χ0v) is 19.5. The van der Waals surface area contributed by atoms with Gasteiger partial charge in [-0.25, -0.2) is 10.4 Å². The molecule has 0 radical (unpaired) electrons. The van der Waals surface area contributed by atoms with Gasteiger partial charge in [-0.15, -0.1) is 0 Å². The normalized spacial score (nSPS) is 10.7. The molecule has 4 rings (SSSR count). The molecule has 12 heteroatoms. The number of aromatic nitrogens is 3. The van der Waals surface area contributed by atoms with Gasteiger partial charge in [0.15, 0.2) is 5.82 Å². The van der Waals surface area contributed by atoms with Crippen LogP contribution in [0.25, 0.3) is 10.9 Å². The fraction of sp³-hybridized carbons (Fsp3) is 0.0870. The van der Waals surface area contributed by atoms with Crippen LogP contribution in [0.4, 0.5) is 0 Å². The van der Waals surface area contributed by atoms with Gasteiger partial charge in [0, 0.05) is 23.0 Å². The lowest BCUT2D eigenvalue weighted by Crippen LogP contribution is -2.45. The van der Waals surface area contributed by atoms with E-state index in [1.54, 1.807) is 36.4 Å². The van der Waals surface area contributed by atoms with E-state index < -0.39 is 17.4 Å². The minimum atomic E-state index is -0.606. The van der Waals surface area contributed by atoms with Crippen molar-refractivity contribution >= 4 is 45.9 Å². The summed E-state index contributed by atoms with van der Waals surface area (Å²) in [5, 5.41) is 1.03. The molecule has 0 atom stereocenters. The maximum absolute atomic E-state index is 13.1. The number of nitrogens with zero attached hydrogens (tertiary/aromatic N) is 3. The first-order valence-electron chi connectivity index (χ1n) is 10.2. The first kappa shape index (κ1) is 24.1. The van der Waals surface area contributed by atoms with Crippen LogP contribution in [0, 0.1) is 0 Å². The number of hydrazine groups is 1. The third kappa shape index (κ3) is 5.93. The van der Waals surface area contributed by atoms with Crippen LogP contribution in [0.5, 0.6) is 5.75 Å². The second-order valence-electron chi connectivity index (χ2n) is 7.13. The van der Waals surface area contributed by atoms with Gasteiger partial charge in [0.1, 0.15) is 12.4 Å². The van der Waals surface area contributed by atoms with Crippen LogP contribution >= 0.6 is 23.2 Å². The van der Waals surface area contributed by atoms with E-state index in [9.17, 15) is 14.4 Å². The van der Waals surface area contributed by atoms with E-state index in [-0.39, 0.29) is 24.0 Å². The number of para-hydroxylation sites is 1. The number of rotatable bonds is 8. The molecule has 4 aromatic rings. The predicted octanol–water partition coefficient (Wildman–Crippen LogP) is 2.68. The fourth-order valence-corrected chi connectivity index (χ4v) is 3.53. The van der Waals surface area contributed by atoms with Crippen LogP contribution in [-0.4, -0.2) is 33.0 Å². The predicted molar refractivity (Wildman–Crippen MR) is 131 cm³/mol. The van der Waals surface area contributed by atoms with E-state index in [4.69, 9.17) is 27.9 Å². The molecule has 0 aliphatic carbocycles. The van der Waals surface area contributed by atoms with Crippen molar-refractivity contribution in [2.75, 3.05) is 12.0 Å². The highest BCUT2D eigenvalue weighted by Crippen LogP contribution is 2.28. The zero-order chi connectivity index (χ0) is 24.8. The van der Waals surface area contributed by atoms with Gasteiger partial charge in [-0.05, 0) is 42.5 Å². The van der Waals surface area contributed by atoms with Crippen molar-refractivity contribution in [2.45, 2.75) is 6.61 Å². The van der Waals surface area contributed by atoms with E-state index in [0.717, 1.165) is 4.68 Å². The molecule has 0 fully saturated rings. The van der Waals surface area contributed by atoms with Crippen LogP contribution in [-0.2, 0) is 11.4 Å². The van der Waals surface area contributed by atoms with E-state index in [0.29, 0.717) is 27.2 Å². The Kier molecular flexibility index (Phi) is 7.56. The molecule has 0 saturated heterocycles. The number of carbonyl (C=O) groups excluding carboxylic acids is 2. The number of ether oxygens (including phenoxy) is 1. The highest BCUT2D eigenvalue weighted by atomic mass is 35.5. The number of pyridine rings is 1. The Hall–Kier alpha value is -3.99. The average Bonchev–Trinajstić information content (AvgIpc) is 2.86. The van der Waals surface area contributed by atoms with Gasteiger partial charge in [-0.2, -0.15) is 4.68 Å². The fourth-order valence-electron chi connectivity index (χ4n) is 3.07. The van der Waals surface area contributed by atoms with Gasteiger partial charge >= 0.3 is 0 Å². The van der Waals surface area contributed by atoms with Crippen molar-refractivity contribution in [1.29, 1.82) is 0 Å². The van der Waals surface area contributed by atoms with E-state index >= 15 is 0 Å². The molecular formula is C23H18Cl2N6O4. The molecule has 35 heavy (non-hydrogen) atoms. The number of amides is 2. The van der Waals surface area contributed by atoms with Crippen LogP contribution in [0.2, 0.25) is 10.0 Å². The minimum absolute atomic E-state index is 0.133. The van der Waals surface area contributed by atoms with Crippen LogP contribution in [0.15, 0.2) is 71.8 Å². The van der Waals surface area contributed by atoms with E-state index in [1.165, 1.54) is 30.6 Å². The highest BCUT2D eigenvalue weighted by Gasteiger charge is 2.15. The molecule has 0 aliphatic rings. The maximum atomic E-state index is 13.1. The summed E-state index contributed by atoms with van der Waals surface area (Å²) >= 11 is 12.1. The Morgan fingerprint density at radius 3 is 2.57 bits per heavy atom. The number of benzene rings is 2. The lowest BCUT2D eigenvalue weighted by Gasteiger charge is -2.16. The van der Waals surface area contributed by atoms with Crippen molar-refractivity contribution in [2.24, 2.45) is 0 Å². The number of hydrogen-bond donors (Lipinski definition) is 3. The van der Waals surface area contributed by atoms with E-state index in [2.05, 4.69) is 26.2 Å². The topological polar surface area (TPSA) is 127 Å². The Morgan fingerprint density at radius 2 is 1.80 bits per heavy atom. The standard InChI is InChI=1S/C23H18Cl2N6O4/c24-15-5-6-19(17(25)11-15)35-13-20-28-18-4-2-1-3-16(18)23(34)31(20)30-21(32)12-27-29-22(33)14-7-9-26-10-8-14/h1-11,27H,12-13H2,(H,29,33)(H,30,32). The lowest BCUT2D eigenvalue weighted by molar-refractivity contribution is -0.116. The van der Waals surface area contributed by atoms with Gasteiger partial charge in [-0.3, -0.25) is 30.2 Å². The van der Waals surface area contributed by atoms with Crippen molar-refractivity contribution in [3.05, 3.63) is 98.8 Å². The van der Waals surface area contributed by atoms with Crippen molar-refractivity contribution < 1.29 is 14.3 Å². The lowest BCUT2D eigenvalue weighted by atomic mass is 10.2. The van der Waals surface area contributed by atoms with Gasteiger partial charge in [0.05, 0.1) is 22.5 Å². The first-order chi connectivity index (χ1) is 16.9. The zero-order valence-electron chi connectivity index (χ0n) is 18.0. The molecule has 10 nitrogen and oxygen atoms in total. The third-order valence-electron chi connectivity index (χ3n) is 4.73. The molecule has 0 spiro atoms. The first-order valence-corrected chi connectivity index (χ1v) is 11.0. The minimum Gasteiger partial charge on any atom is -0.484 e. The Morgan fingerprint density at radius 1 is 1.03 bits per heavy atom. The molecule has 178 valence electrons. The molecule has 3 N–H and O–H groups in total. The summed E-state index contributed by atoms with van der Waals surface area (Å²) in [5.41, 5.74) is 7.72. The number of carbonyl (C=O) groups is 2. The van der Waals surface area contributed by atoms with Gasteiger partial charge < -0.3 is 4.74 Å². The van der Waals surface area contributed by atoms with Crippen LogP contribution < -0.4 is 26.6 Å². The summed E-state index contributed by atoms with van der Waals surface area (Å²) in [6, 6.07) is 14.5. The van der Waals surface area contributed by atoms with Crippen LogP contribution in [0.3, 0.4) is 0 Å². The summed E-state index contributed by atoms with van der Waals surface area (Å²) < 4.78 is 6.72. The molecule has 0 aliphatic heterocycles. The molecule has 2 aromatic carbocycles. The third-order valence-corrected chi connectivity index (χ3v) is 5.26. The quantitative estimate of drug-likeness (QED) is 0.309. The monoisotopic (exact) mass is 512 g/mol. The molecule has 2 amide bonds. The van der Waals surface area contributed by atoms with Gasteiger partial charge in [-0.1, -0.05) is 35.3 Å². The Balaban J connectivity index is 1.50. The van der Waals surface area contributed by atoms with E-state index in [1.807, 2.05) is 0 Å². The molecule has 2 aromatic heterocycles. The number of hydrogen-bond acceptors (Lipinski definition) is 7. The second kappa shape index (κ2) is 11.0. The molecular weight excluding hydrogens is 495 g/mol. The number of halogens is 2. The summed E-state index contributed by atoms with van der Waals surface area (Å²) in [7, 11) is 0. The Bertz CT molecular complexity index is 1450. The highest BCUT2D eigenvalue weighted by molar-refractivity contribution is 6.35. The molecule has 0 unspecified atom stereocenters. The second-order valence-corrected chi connectivity index (χ2v) is 7.97.